The number of nitrogens with one attached hydrogen (secondary N) is 1. The van der Waals surface area contributed by atoms with E-state index in [2.05, 4.69) is 54.2 Å². The summed E-state index contributed by atoms with van der Waals surface area (Å²) in [6, 6.07) is 2.06. The Bertz CT molecular complexity index is 397. The largest absolute Gasteiger partial charge is 0.368 e. The molecule has 0 radical (unpaired) electrons. The molecule has 1 aliphatic rings. The molecule has 1 N–H and O–H groups in total. The number of likely N-dealkylation sites (N-methyl/N-ethyl adjacent to an activating group) is 1. The van der Waals surface area contributed by atoms with Crippen molar-refractivity contribution in [2.24, 2.45) is 0 Å². The van der Waals surface area contributed by atoms with Crippen molar-refractivity contribution in [1.29, 1.82) is 0 Å². The smallest absolute Gasteiger partial charge is 0.129 e. The highest BCUT2D eigenvalue weighted by molar-refractivity contribution is 5.36. The summed E-state index contributed by atoms with van der Waals surface area (Å²) in [4.78, 5) is 10.9. The monoisotopic (exact) mass is 248 g/mol. The molecule has 2 rings (SSSR count). The van der Waals surface area contributed by atoms with Crippen LogP contribution in [0.15, 0.2) is 12.4 Å². The van der Waals surface area contributed by atoms with Crippen LogP contribution in [-0.4, -0.2) is 41.0 Å². The number of aromatic nitrogens is 2. The fourth-order valence-electron chi connectivity index (χ4n) is 2.41. The van der Waals surface area contributed by atoms with Crippen molar-refractivity contribution >= 4 is 5.82 Å². The van der Waals surface area contributed by atoms with Crippen molar-refractivity contribution < 1.29 is 0 Å². The summed E-state index contributed by atoms with van der Waals surface area (Å²) in [7, 11) is 4.33. The SMILES string of the molecule is CC(C)c1cc(NCC2(N(C)C)CCC2)ncn1. The third-order valence-electron chi connectivity index (χ3n) is 4.11. The molecule has 1 aromatic rings. The molecule has 100 valence electrons. The molecule has 0 aromatic carbocycles. The zero-order chi connectivity index (χ0) is 13.2. The Balaban J connectivity index is 1.99. The molecule has 0 bridgehead atoms. The molecule has 1 saturated carbocycles. The first-order chi connectivity index (χ1) is 8.53. The Morgan fingerprint density at radius 3 is 2.56 bits per heavy atom. The van der Waals surface area contributed by atoms with E-state index in [1.54, 1.807) is 6.33 Å². The van der Waals surface area contributed by atoms with E-state index in [0.717, 1.165) is 18.1 Å². The molecular weight excluding hydrogens is 224 g/mol. The summed E-state index contributed by atoms with van der Waals surface area (Å²) >= 11 is 0. The molecule has 0 saturated heterocycles. The fourth-order valence-corrected chi connectivity index (χ4v) is 2.41. The Kier molecular flexibility index (Phi) is 3.85. The molecule has 0 unspecified atom stereocenters. The molecular formula is C14H24N4. The lowest BCUT2D eigenvalue weighted by molar-refractivity contribution is 0.0738. The summed E-state index contributed by atoms with van der Waals surface area (Å²) in [5, 5.41) is 3.47. The Morgan fingerprint density at radius 2 is 2.06 bits per heavy atom. The summed E-state index contributed by atoms with van der Waals surface area (Å²) in [5.74, 6) is 1.39. The molecule has 0 spiro atoms. The molecule has 1 aliphatic carbocycles. The van der Waals surface area contributed by atoms with E-state index < -0.39 is 0 Å². The van der Waals surface area contributed by atoms with Crippen LogP contribution in [0.4, 0.5) is 5.82 Å². The molecule has 1 aromatic heterocycles. The van der Waals surface area contributed by atoms with Crippen molar-refractivity contribution in [3.8, 4) is 0 Å². The average molecular weight is 248 g/mol. The van der Waals surface area contributed by atoms with Crippen molar-refractivity contribution in [3.05, 3.63) is 18.1 Å². The van der Waals surface area contributed by atoms with Gasteiger partial charge in [0, 0.05) is 23.8 Å². The quantitative estimate of drug-likeness (QED) is 0.869. The van der Waals surface area contributed by atoms with Crippen LogP contribution in [0.5, 0.6) is 0 Å². The second-order valence-electron chi connectivity index (χ2n) is 5.81. The van der Waals surface area contributed by atoms with Gasteiger partial charge in [-0.15, -0.1) is 0 Å². The summed E-state index contributed by atoms with van der Waals surface area (Å²) in [5.41, 5.74) is 1.42. The van der Waals surface area contributed by atoms with E-state index in [4.69, 9.17) is 0 Å². The van der Waals surface area contributed by atoms with E-state index in [0.29, 0.717) is 11.5 Å². The third-order valence-corrected chi connectivity index (χ3v) is 4.11. The first-order valence-electron chi connectivity index (χ1n) is 6.77. The molecule has 1 fully saturated rings. The number of hydrogen-bond donors (Lipinski definition) is 1. The maximum absolute atomic E-state index is 4.30. The first kappa shape index (κ1) is 13.3. The minimum Gasteiger partial charge on any atom is -0.368 e. The summed E-state index contributed by atoms with van der Waals surface area (Å²) in [6.07, 6.45) is 5.53. The highest BCUT2D eigenvalue weighted by atomic mass is 15.2. The molecule has 1 heterocycles. The van der Waals surface area contributed by atoms with Gasteiger partial charge >= 0.3 is 0 Å². The highest BCUT2D eigenvalue weighted by Gasteiger charge is 2.38. The number of rotatable bonds is 5. The lowest BCUT2D eigenvalue weighted by Crippen LogP contribution is -2.54. The van der Waals surface area contributed by atoms with E-state index in [9.17, 15) is 0 Å². The van der Waals surface area contributed by atoms with Gasteiger partial charge in [-0.2, -0.15) is 0 Å². The van der Waals surface area contributed by atoms with Gasteiger partial charge in [-0.1, -0.05) is 13.8 Å². The van der Waals surface area contributed by atoms with Gasteiger partial charge in [0.1, 0.15) is 12.1 Å². The van der Waals surface area contributed by atoms with Crippen LogP contribution in [0, 0.1) is 0 Å². The van der Waals surface area contributed by atoms with Crippen molar-refractivity contribution in [3.63, 3.8) is 0 Å². The molecule has 0 atom stereocenters. The first-order valence-corrected chi connectivity index (χ1v) is 6.77. The van der Waals surface area contributed by atoms with Gasteiger partial charge in [0.25, 0.3) is 0 Å². The van der Waals surface area contributed by atoms with Gasteiger partial charge in [-0.3, -0.25) is 0 Å². The lowest BCUT2D eigenvalue weighted by Gasteiger charge is -2.47. The van der Waals surface area contributed by atoms with Gasteiger partial charge in [-0.05, 0) is 39.3 Å². The molecule has 4 heteroatoms. The van der Waals surface area contributed by atoms with E-state index in [1.165, 1.54) is 19.3 Å². The van der Waals surface area contributed by atoms with Crippen LogP contribution < -0.4 is 5.32 Å². The topological polar surface area (TPSA) is 41.0 Å². The molecule has 4 nitrogen and oxygen atoms in total. The predicted octanol–water partition coefficient (Wildman–Crippen LogP) is 2.50. The van der Waals surface area contributed by atoms with Gasteiger partial charge in [0.2, 0.25) is 0 Å². The van der Waals surface area contributed by atoms with Crippen LogP contribution in [0.2, 0.25) is 0 Å². The van der Waals surface area contributed by atoms with Crippen molar-refractivity contribution in [2.45, 2.75) is 44.6 Å². The third kappa shape index (κ3) is 2.64. The van der Waals surface area contributed by atoms with Gasteiger partial charge in [0.05, 0.1) is 0 Å². The Labute approximate surface area is 110 Å². The highest BCUT2D eigenvalue weighted by Crippen LogP contribution is 2.36. The zero-order valence-corrected chi connectivity index (χ0v) is 11.9. The molecule has 0 amide bonds. The summed E-state index contributed by atoms with van der Waals surface area (Å²) < 4.78 is 0. The minimum absolute atomic E-state index is 0.322. The maximum Gasteiger partial charge on any atom is 0.129 e. The lowest BCUT2D eigenvalue weighted by atomic mass is 9.75. The van der Waals surface area contributed by atoms with Gasteiger partial charge in [-0.25, -0.2) is 9.97 Å². The standard InChI is InChI=1S/C14H24N4/c1-11(2)12-8-13(17-10-16-12)15-9-14(18(3)4)6-5-7-14/h8,10-11H,5-7,9H2,1-4H3,(H,15,16,17). The fraction of sp³-hybridized carbons (Fsp3) is 0.714. The second kappa shape index (κ2) is 5.22. The average Bonchev–Trinajstić information content (AvgIpc) is 2.27. The van der Waals surface area contributed by atoms with E-state index >= 15 is 0 Å². The van der Waals surface area contributed by atoms with Gasteiger partial charge in [0.15, 0.2) is 0 Å². The maximum atomic E-state index is 4.30. The van der Waals surface area contributed by atoms with Crippen LogP contribution in [0.1, 0.15) is 44.7 Å². The van der Waals surface area contributed by atoms with Crippen LogP contribution in [-0.2, 0) is 0 Å². The summed E-state index contributed by atoms with van der Waals surface area (Å²) in [6.45, 7) is 5.27. The minimum atomic E-state index is 0.322. The van der Waals surface area contributed by atoms with E-state index in [1.807, 2.05) is 0 Å². The normalized spacial score (nSPS) is 17.9. The van der Waals surface area contributed by atoms with Crippen molar-refractivity contribution in [1.82, 2.24) is 14.9 Å². The van der Waals surface area contributed by atoms with Crippen LogP contribution in [0.3, 0.4) is 0 Å². The van der Waals surface area contributed by atoms with Crippen LogP contribution in [0.25, 0.3) is 0 Å². The van der Waals surface area contributed by atoms with Gasteiger partial charge < -0.3 is 10.2 Å². The number of hydrogen-bond acceptors (Lipinski definition) is 4. The van der Waals surface area contributed by atoms with E-state index in [-0.39, 0.29) is 0 Å². The number of nitrogens with zero attached hydrogens (tertiary/aromatic N) is 3. The van der Waals surface area contributed by atoms with Crippen LogP contribution >= 0.6 is 0 Å². The Hall–Kier alpha value is -1.16. The molecule has 0 aliphatic heterocycles. The Morgan fingerprint density at radius 1 is 1.33 bits per heavy atom. The molecule has 18 heavy (non-hydrogen) atoms. The van der Waals surface area contributed by atoms with Crippen molar-refractivity contribution in [2.75, 3.05) is 26.0 Å². The predicted molar refractivity (Wildman–Crippen MR) is 74.9 cm³/mol. The zero-order valence-electron chi connectivity index (χ0n) is 11.9. The second-order valence-corrected chi connectivity index (χ2v) is 5.81. The number of anilines is 1.